The maximum absolute atomic E-state index is 12.3. The van der Waals surface area contributed by atoms with Gasteiger partial charge in [-0.2, -0.15) is 5.10 Å². The van der Waals surface area contributed by atoms with Crippen LogP contribution >= 0.6 is 0 Å². The Morgan fingerprint density at radius 1 is 1.24 bits per heavy atom. The molecule has 4 nitrogen and oxygen atoms in total. The molecule has 0 radical (unpaired) electrons. The lowest BCUT2D eigenvalue weighted by Crippen LogP contribution is -2.22. The molecular weight excluding hydrogens is 264 g/mol. The summed E-state index contributed by atoms with van der Waals surface area (Å²) in [5, 5.41) is 4.35. The molecule has 0 saturated heterocycles. The normalized spacial score (nSPS) is 10.7. The molecule has 1 aromatic carbocycles. The van der Waals surface area contributed by atoms with Crippen molar-refractivity contribution < 1.29 is 9.53 Å². The summed E-state index contributed by atoms with van der Waals surface area (Å²) in [5.74, 6) is 0.599. The third kappa shape index (κ3) is 3.32. The standard InChI is InChI=1S/C17H22N2O2/c1-5-8-15-13(3)18-19(14(15)4)17(20)11-21-16-10-7-6-9-12(16)2/h6-7,9-10H,5,8,11H2,1-4H3. The smallest absolute Gasteiger partial charge is 0.284 e. The summed E-state index contributed by atoms with van der Waals surface area (Å²) in [6.07, 6.45) is 1.99. The first kappa shape index (κ1) is 15.3. The quantitative estimate of drug-likeness (QED) is 0.845. The van der Waals surface area contributed by atoms with E-state index < -0.39 is 0 Å². The molecule has 2 aromatic rings. The van der Waals surface area contributed by atoms with Crippen molar-refractivity contribution in [2.24, 2.45) is 0 Å². The number of rotatable bonds is 5. The van der Waals surface area contributed by atoms with Crippen LogP contribution in [0.15, 0.2) is 24.3 Å². The average molecular weight is 286 g/mol. The van der Waals surface area contributed by atoms with Crippen molar-refractivity contribution in [3.8, 4) is 5.75 Å². The molecule has 112 valence electrons. The van der Waals surface area contributed by atoms with Gasteiger partial charge in [-0.3, -0.25) is 4.79 Å². The molecular formula is C17H22N2O2. The van der Waals surface area contributed by atoms with E-state index in [9.17, 15) is 4.79 Å². The Kier molecular flexibility index (Phi) is 4.78. The van der Waals surface area contributed by atoms with E-state index in [1.807, 2.05) is 45.0 Å². The number of aryl methyl sites for hydroxylation is 2. The Bertz CT molecular complexity index is 644. The molecule has 0 amide bonds. The molecule has 1 heterocycles. The Labute approximate surface area is 125 Å². The van der Waals surface area contributed by atoms with Crippen molar-refractivity contribution in [3.05, 3.63) is 46.8 Å². The SMILES string of the molecule is CCCc1c(C)nn(C(=O)COc2ccccc2C)c1C. The fraction of sp³-hybridized carbons (Fsp3) is 0.412. The Balaban J connectivity index is 2.11. The van der Waals surface area contributed by atoms with Crippen molar-refractivity contribution in [3.63, 3.8) is 0 Å². The summed E-state index contributed by atoms with van der Waals surface area (Å²) in [6, 6.07) is 7.67. The van der Waals surface area contributed by atoms with Crippen LogP contribution in [0.5, 0.6) is 5.75 Å². The fourth-order valence-electron chi connectivity index (χ4n) is 2.45. The van der Waals surface area contributed by atoms with Crippen LogP contribution < -0.4 is 4.74 Å². The molecule has 0 aliphatic rings. The molecule has 0 aliphatic carbocycles. The lowest BCUT2D eigenvalue weighted by atomic mass is 10.1. The molecule has 0 bridgehead atoms. The number of carbonyl (C=O) groups is 1. The first-order valence-electron chi connectivity index (χ1n) is 7.31. The van der Waals surface area contributed by atoms with Crippen molar-refractivity contribution in [1.29, 1.82) is 0 Å². The minimum atomic E-state index is -0.138. The van der Waals surface area contributed by atoms with Gasteiger partial charge in [0.15, 0.2) is 6.61 Å². The van der Waals surface area contributed by atoms with Gasteiger partial charge in [0.1, 0.15) is 5.75 Å². The minimum Gasteiger partial charge on any atom is -0.483 e. The Morgan fingerprint density at radius 2 is 1.95 bits per heavy atom. The molecule has 0 saturated carbocycles. The Hall–Kier alpha value is -2.10. The van der Waals surface area contributed by atoms with Gasteiger partial charge < -0.3 is 4.74 Å². The zero-order valence-corrected chi connectivity index (χ0v) is 13.1. The number of ether oxygens (including phenoxy) is 1. The van der Waals surface area contributed by atoms with Crippen molar-refractivity contribution >= 4 is 5.91 Å². The zero-order valence-electron chi connectivity index (χ0n) is 13.1. The molecule has 0 atom stereocenters. The van der Waals surface area contributed by atoms with Crippen LogP contribution in [-0.2, 0) is 6.42 Å². The third-order valence-corrected chi connectivity index (χ3v) is 3.62. The predicted molar refractivity (Wildman–Crippen MR) is 83.0 cm³/mol. The van der Waals surface area contributed by atoms with Crippen molar-refractivity contribution in [1.82, 2.24) is 9.78 Å². The topological polar surface area (TPSA) is 44.1 Å². The van der Waals surface area contributed by atoms with E-state index in [0.717, 1.165) is 35.5 Å². The van der Waals surface area contributed by atoms with E-state index >= 15 is 0 Å². The number of para-hydroxylation sites is 1. The number of carbonyl (C=O) groups excluding carboxylic acids is 1. The van der Waals surface area contributed by atoms with Gasteiger partial charge in [-0.25, -0.2) is 4.68 Å². The number of hydrogen-bond acceptors (Lipinski definition) is 3. The van der Waals surface area contributed by atoms with Crippen molar-refractivity contribution in [2.45, 2.75) is 40.5 Å². The summed E-state index contributed by atoms with van der Waals surface area (Å²) < 4.78 is 7.08. The molecule has 0 N–H and O–H groups in total. The maximum Gasteiger partial charge on any atom is 0.284 e. The summed E-state index contributed by atoms with van der Waals surface area (Å²) in [4.78, 5) is 12.3. The molecule has 4 heteroatoms. The van der Waals surface area contributed by atoms with Crippen LogP contribution in [0, 0.1) is 20.8 Å². The highest BCUT2D eigenvalue weighted by atomic mass is 16.5. The second kappa shape index (κ2) is 6.57. The first-order chi connectivity index (χ1) is 10.0. The zero-order chi connectivity index (χ0) is 15.4. The second-order valence-corrected chi connectivity index (χ2v) is 5.26. The van der Waals surface area contributed by atoms with Gasteiger partial charge in [0.05, 0.1) is 5.69 Å². The van der Waals surface area contributed by atoms with E-state index in [-0.39, 0.29) is 12.5 Å². The summed E-state index contributed by atoms with van der Waals surface area (Å²) in [5.41, 5.74) is 4.04. The van der Waals surface area contributed by atoms with Crippen LogP contribution in [0.4, 0.5) is 0 Å². The minimum absolute atomic E-state index is 0.00161. The van der Waals surface area contributed by atoms with E-state index in [2.05, 4.69) is 12.0 Å². The molecule has 0 spiro atoms. The monoisotopic (exact) mass is 286 g/mol. The fourth-order valence-corrected chi connectivity index (χ4v) is 2.45. The molecule has 0 aliphatic heterocycles. The van der Waals surface area contributed by atoms with Gasteiger partial charge >= 0.3 is 0 Å². The van der Waals surface area contributed by atoms with E-state index in [1.54, 1.807) is 0 Å². The highest BCUT2D eigenvalue weighted by Gasteiger charge is 2.16. The second-order valence-electron chi connectivity index (χ2n) is 5.26. The first-order valence-corrected chi connectivity index (χ1v) is 7.31. The van der Waals surface area contributed by atoms with Crippen LogP contribution in [0.25, 0.3) is 0 Å². The molecule has 1 aromatic heterocycles. The van der Waals surface area contributed by atoms with Crippen LogP contribution in [0.2, 0.25) is 0 Å². The van der Waals surface area contributed by atoms with Gasteiger partial charge in [0, 0.05) is 5.69 Å². The number of hydrogen-bond donors (Lipinski definition) is 0. The van der Waals surface area contributed by atoms with Crippen LogP contribution in [-0.4, -0.2) is 22.3 Å². The van der Waals surface area contributed by atoms with Crippen molar-refractivity contribution in [2.75, 3.05) is 6.61 Å². The molecule has 2 rings (SSSR count). The summed E-state index contributed by atoms with van der Waals surface area (Å²) in [7, 11) is 0. The molecule has 21 heavy (non-hydrogen) atoms. The van der Waals surface area contributed by atoms with Gasteiger partial charge in [-0.1, -0.05) is 31.5 Å². The number of aromatic nitrogens is 2. The largest absolute Gasteiger partial charge is 0.483 e. The Morgan fingerprint density at radius 3 is 2.62 bits per heavy atom. The lowest BCUT2D eigenvalue weighted by Gasteiger charge is -2.09. The molecule has 0 unspecified atom stereocenters. The van der Waals surface area contributed by atoms with Gasteiger partial charge in [0.25, 0.3) is 5.91 Å². The van der Waals surface area contributed by atoms with Crippen LogP contribution in [0.1, 0.15) is 40.7 Å². The maximum atomic E-state index is 12.3. The summed E-state index contributed by atoms with van der Waals surface area (Å²) >= 11 is 0. The highest BCUT2D eigenvalue weighted by Crippen LogP contribution is 2.17. The predicted octanol–water partition coefficient (Wildman–Crippen LogP) is 3.48. The third-order valence-electron chi connectivity index (χ3n) is 3.62. The van der Waals surface area contributed by atoms with E-state index in [0.29, 0.717) is 0 Å². The average Bonchev–Trinajstić information content (AvgIpc) is 2.75. The summed E-state index contributed by atoms with van der Waals surface area (Å²) in [6.45, 7) is 7.97. The van der Waals surface area contributed by atoms with E-state index in [1.165, 1.54) is 10.2 Å². The molecule has 0 fully saturated rings. The van der Waals surface area contributed by atoms with Gasteiger partial charge in [0.2, 0.25) is 0 Å². The number of benzene rings is 1. The van der Waals surface area contributed by atoms with E-state index in [4.69, 9.17) is 4.74 Å². The van der Waals surface area contributed by atoms with Gasteiger partial charge in [-0.05, 0) is 44.4 Å². The highest BCUT2D eigenvalue weighted by molar-refractivity contribution is 5.80. The lowest BCUT2D eigenvalue weighted by molar-refractivity contribution is 0.0817. The van der Waals surface area contributed by atoms with Crippen LogP contribution in [0.3, 0.4) is 0 Å². The number of nitrogens with zero attached hydrogens (tertiary/aromatic N) is 2. The van der Waals surface area contributed by atoms with Gasteiger partial charge in [-0.15, -0.1) is 0 Å².